The van der Waals surface area contributed by atoms with E-state index in [4.69, 9.17) is 9.57 Å². The summed E-state index contributed by atoms with van der Waals surface area (Å²) in [5.74, 6) is -0.901. The van der Waals surface area contributed by atoms with E-state index in [1.165, 1.54) is 29.9 Å². The summed E-state index contributed by atoms with van der Waals surface area (Å²) >= 11 is 3.10. The summed E-state index contributed by atoms with van der Waals surface area (Å²) in [6.45, 7) is 1.26. The Morgan fingerprint density at radius 1 is 1.41 bits per heavy atom. The largest absolute Gasteiger partial charge is 0.373 e. The van der Waals surface area contributed by atoms with Crippen LogP contribution in [-0.2, 0) is 29.1 Å². The molecule has 13 heteroatoms. The Hall–Kier alpha value is -2.64. The number of alkyl halides is 2. The van der Waals surface area contributed by atoms with E-state index in [1.54, 1.807) is 4.90 Å². The first-order chi connectivity index (χ1) is 16.1. The molecule has 0 fully saturated rings. The van der Waals surface area contributed by atoms with Crippen molar-refractivity contribution in [2.75, 3.05) is 25.6 Å². The lowest BCUT2D eigenvalue weighted by molar-refractivity contribution is -0.169. The fraction of sp³-hybridized carbons (Fsp3) is 0.476. The van der Waals surface area contributed by atoms with Crippen molar-refractivity contribution in [2.45, 2.75) is 45.0 Å². The van der Waals surface area contributed by atoms with Gasteiger partial charge in [0.1, 0.15) is 24.2 Å². The number of hydrogen-bond donors (Lipinski definition) is 1. The van der Waals surface area contributed by atoms with Gasteiger partial charge in [-0.15, -0.1) is 0 Å². The van der Waals surface area contributed by atoms with Crippen molar-refractivity contribution in [1.29, 1.82) is 0 Å². The van der Waals surface area contributed by atoms with Crippen LogP contribution in [0.15, 0.2) is 22.7 Å². The molecule has 0 spiro atoms. The van der Waals surface area contributed by atoms with E-state index in [1.807, 2.05) is 6.92 Å². The summed E-state index contributed by atoms with van der Waals surface area (Å²) in [4.78, 5) is 33.2. The van der Waals surface area contributed by atoms with Crippen LogP contribution in [0.25, 0.3) is 0 Å². The van der Waals surface area contributed by atoms with Crippen LogP contribution in [0.1, 0.15) is 28.7 Å². The number of fused-ring (bicyclic) bond motifs is 3. The zero-order valence-corrected chi connectivity index (χ0v) is 20.0. The van der Waals surface area contributed by atoms with E-state index in [9.17, 15) is 22.8 Å². The Morgan fingerprint density at radius 3 is 2.88 bits per heavy atom. The summed E-state index contributed by atoms with van der Waals surface area (Å²) in [7, 11) is 1.43. The molecule has 3 heterocycles. The molecule has 34 heavy (non-hydrogen) atoms. The predicted molar refractivity (Wildman–Crippen MR) is 118 cm³/mol. The molecule has 1 aromatic heterocycles. The van der Waals surface area contributed by atoms with Gasteiger partial charge in [0.2, 0.25) is 0 Å². The molecule has 2 aliphatic heterocycles. The summed E-state index contributed by atoms with van der Waals surface area (Å²) in [6, 6.07) is 3.54. The molecular weight excluding hydrogens is 523 g/mol. The second-order valence-corrected chi connectivity index (χ2v) is 9.01. The van der Waals surface area contributed by atoms with E-state index >= 15 is 0 Å². The highest BCUT2D eigenvalue weighted by Crippen LogP contribution is 2.29. The van der Waals surface area contributed by atoms with E-state index in [2.05, 4.69) is 26.3 Å². The molecule has 3 amide bonds. The van der Waals surface area contributed by atoms with Crippen molar-refractivity contribution < 1.29 is 32.3 Å². The Bertz CT molecular complexity index is 1100. The number of nitrogens with one attached hydrogen (secondary N) is 1. The third kappa shape index (κ3) is 5.05. The molecule has 4 rings (SSSR count). The molecule has 0 aliphatic carbocycles. The van der Waals surface area contributed by atoms with Crippen molar-refractivity contribution in [3.8, 4) is 0 Å². The maximum Gasteiger partial charge on any atom is 0.322 e. The molecule has 0 radical (unpaired) electrons. The van der Waals surface area contributed by atoms with E-state index in [-0.39, 0.29) is 35.9 Å². The van der Waals surface area contributed by atoms with Gasteiger partial charge in [0, 0.05) is 30.8 Å². The second-order valence-electron chi connectivity index (χ2n) is 8.15. The molecule has 184 valence electrons. The van der Waals surface area contributed by atoms with E-state index < -0.39 is 36.9 Å². The molecule has 1 aromatic carbocycles. The number of ether oxygens (including phenoxy) is 1. The number of rotatable bonds is 5. The maximum absolute atomic E-state index is 13.5. The third-order valence-corrected chi connectivity index (χ3v) is 6.24. The average molecular weight is 546 g/mol. The highest BCUT2D eigenvalue weighted by molar-refractivity contribution is 9.10. The van der Waals surface area contributed by atoms with Gasteiger partial charge in [0.25, 0.3) is 12.3 Å². The van der Waals surface area contributed by atoms with Crippen LogP contribution >= 0.6 is 15.9 Å². The molecule has 2 aromatic rings. The van der Waals surface area contributed by atoms with Crippen LogP contribution in [0.3, 0.4) is 0 Å². The average Bonchev–Trinajstić information content (AvgIpc) is 3.05. The highest BCUT2D eigenvalue weighted by atomic mass is 79.9. The first kappa shape index (κ1) is 24.5. The lowest BCUT2D eigenvalue weighted by Crippen LogP contribution is -2.45. The number of hydrogen-bond acceptors (Lipinski definition) is 5. The Kier molecular flexibility index (Phi) is 7.14. The first-order valence-corrected chi connectivity index (χ1v) is 11.3. The van der Waals surface area contributed by atoms with Crippen molar-refractivity contribution in [2.24, 2.45) is 0 Å². The van der Waals surface area contributed by atoms with Crippen LogP contribution in [0.4, 0.5) is 23.7 Å². The lowest BCUT2D eigenvalue weighted by atomic mass is 9.99. The van der Waals surface area contributed by atoms with Gasteiger partial charge in [-0.25, -0.2) is 23.0 Å². The first-order valence-electron chi connectivity index (χ1n) is 10.6. The third-order valence-electron chi connectivity index (χ3n) is 5.63. The standard InChI is InChI=1S/C21H23BrF3N5O4/c1-11-5-17-14(8-29(11)21(32)26-12-3-4-16(23)15(22)6-12)19-20(31)28(2)34-13(7-30(19)27-17)9-33-10-18(24)25/h3-4,6,11,13,18H,5,7-10H2,1-2H3,(H,26,32)/t11-,13+/m1/s1. The summed E-state index contributed by atoms with van der Waals surface area (Å²) in [5.41, 5.74) is 1.99. The van der Waals surface area contributed by atoms with Crippen LogP contribution in [0.5, 0.6) is 0 Å². The second kappa shape index (κ2) is 9.92. The molecular formula is C21H23BrF3N5O4. The van der Waals surface area contributed by atoms with Crippen LogP contribution < -0.4 is 5.32 Å². The highest BCUT2D eigenvalue weighted by Gasteiger charge is 2.37. The number of aromatic nitrogens is 2. The molecule has 1 N–H and O–H groups in total. The van der Waals surface area contributed by atoms with Crippen LogP contribution in [0, 0.1) is 5.82 Å². The smallest absolute Gasteiger partial charge is 0.322 e. The van der Waals surface area contributed by atoms with Crippen LogP contribution in [0.2, 0.25) is 0 Å². The normalized spacial score (nSPS) is 20.3. The van der Waals surface area contributed by atoms with Crippen molar-refractivity contribution in [1.82, 2.24) is 19.7 Å². The number of halogens is 4. The van der Waals surface area contributed by atoms with Gasteiger partial charge in [-0.05, 0) is 41.1 Å². The molecule has 0 unspecified atom stereocenters. The van der Waals surface area contributed by atoms with Crippen molar-refractivity contribution >= 4 is 33.6 Å². The Balaban J connectivity index is 1.54. The SMILES string of the molecule is C[C@@H]1Cc2nn3c(c2CN1C(=O)Nc1ccc(F)c(Br)c1)C(=O)N(C)O[C@H](COCC(F)F)C3. The molecule has 9 nitrogen and oxygen atoms in total. The lowest BCUT2D eigenvalue weighted by Gasteiger charge is -2.33. The maximum atomic E-state index is 13.5. The van der Waals surface area contributed by atoms with E-state index in [0.29, 0.717) is 23.4 Å². The van der Waals surface area contributed by atoms with Gasteiger partial charge < -0.3 is 15.0 Å². The topological polar surface area (TPSA) is 88.9 Å². The Morgan fingerprint density at radius 2 is 2.18 bits per heavy atom. The number of nitrogens with zero attached hydrogens (tertiary/aromatic N) is 4. The van der Waals surface area contributed by atoms with Gasteiger partial charge in [-0.2, -0.15) is 5.10 Å². The summed E-state index contributed by atoms with van der Waals surface area (Å²) in [5, 5.41) is 8.35. The van der Waals surface area contributed by atoms with Crippen LogP contribution in [-0.4, -0.2) is 70.5 Å². The van der Waals surface area contributed by atoms with Gasteiger partial charge in [-0.3, -0.25) is 14.3 Å². The number of carbonyl (C=O) groups is 2. The number of amides is 3. The number of carbonyl (C=O) groups excluding carboxylic acids is 2. The fourth-order valence-electron chi connectivity index (χ4n) is 4.03. The number of benzene rings is 1. The Labute approximate surface area is 201 Å². The summed E-state index contributed by atoms with van der Waals surface area (Å²) in [6.07, 6.45) is -2.88. The summed E-state index contributed by atoms with van der Waals surface area (Å²) < 4.78 is 45.0. The minimum absolute atomic E-state index is 0.131. The number of hydroxylamine groups is 2. The molecule has 0 bridgehead atoms. The molecule has 0 saturated carbocycles. The minimum atomic E-state index is -2.60. The molecule has 2 aliphatic rings. The van der Waals surface area contributed by atoms with Gasteiger partial charge in [0.05, 0.1) is 29.9 Å². The van der Waals surface area contributed by atoms with Crippen molar-refractivity contribution in [3.05, 3.63) is 45.4 Å². The monoisotopic (exact) mass is 545 g/mol. The van der Waals surface area contributed by atoms with Gasteiger partial charge in [-0.1, -0.05) is 0 Å². The predicted octanol–water partition coefficient (Wildman–Crippen LogP) is 3.43. The van der Waals surface area contributed by atoms with Crippen molar-refractivity contribution in [3.63, 3.8) is 0 Å². The minimum Gasteiger partial charge on any atom is -0.373 e. The van der Waals surface area contributed by atoms with Gasteiger partial charge >= 0.3 is 6.03 Å². The number of anilines is 1. The zero-order valence-electron chi connectivity index (χ0n) is 18.4. The number of urea groups is 1. The zero-order chi connectivity index (χ0) is 24.6. The van der Waals surface area contributed by atoms with Gasteiger partial charge in [0.15, 0.2) is 0 Å². The molecule has 2 atom stereocenters. The quantitative estimate of drug-likeness (QED) is 0.621. The molecule has 0 saturated heterocycles. The fourth-order valence-corrected chi connectivity index (χ4v) is 4.40. The van der Waals surface area contributed by atoms with E-state index in [0.717, 1.165) is 5.06 Å².